The maximum atomic E-state index is 13.4. The minimum absolute atomic E-state index is 0.308. The lowest BCUT2D eigenvalue weighted by Crippen LogP contribution is -2.64. The molecule has 0 bridgehead atoms. The molecule has 9 heteroatoms. The van der Waals surface area contributed by atoms with E-state index in [1.807, 2.05) is 5.48 Å². The van der Waals surface area contributed by atoms with Crippen molar-refractivity contribution in [3.63, 3.8) is 0 Å². The number of aromatic nitrogens is 1. The van der Waals surface area contributed by atoms with Crippen molar-refractivity contribution in [2.45, 2.75) is 6.04 Å². The average Bonchev–Trinajstić information content (AvgIpc) is 2.72. The fourth-order valence-electron chi connectivity index (χ4n) is 3.24. The minimum Gasteiger partial charge on any atom is -0.316 e. The van der Waals surface area contributed by atoms with Gasteiger partial charge in [-0.3, -0.25) is 4.98 Å². The van der Waals surface area contributed by atoms with Crippen LogP contribution < -0.4 is 14.7 Å². The Morgan fingerprint density at radius 1 is 1.25 bits per heavy atom. The van der Waals surface area contributed by atoms with Crippen LogP contribution in [0, 0.1) is 17.7 Å². The van der Waals surface area contributed by atoms with Crippen LogP contribution in [0.1, 0.15) is 5.56 Å². The van der Waals surface area contributed by atoms with Gasteiger partial charge in [-0.1, -0.05) is 11.8 Å². The zero-order valence-corrected chi connectivity index (χ0v) is 16.0. The summed E-state index contributed by atoms with van der Waals surface area (Å²) in [5.74, 6) is 4.74. The molecule has 2 aromatic rings. The van der Waals surface area contributed by atoms with Crippen molar-refractivity contribution in [1.29, 1.82) is 0 Å². The third-order valence-electron chi connectivity index (χ3n) is 4.71. The van der Waals surface area contributed by atoms with E-state index >= 15 is 0 Å². The molecular weight excluding hydrogens is 383 g/mol. The van der Waals surface area contributed by atoms with Gasteiger partial charge in [-0.05, 0) is 24.3 Å². The lowest BCUT2D eigenvalue weighted by Gasteiger charge is -2.39. The zero-order valence-electron chi connectivity index (χ0n) is 15.2. The molecule has 1 atom stereocenters. The van der Waals surface area contributed by atoms with Crippen LogP contribution in [0.2, 0.25) is 0 Å². The molecule has 0 spiro atoms. The highest BCUT2D eigenvalue weighted by Gasteiger charge is 2.46. The van der Waals surface area contributed by atoms with Gasteiger partial charge in [0.1, 0.15) is 36.4 Å². The summed E-state index contributed by atoms with van der Waals surface area (Å²) in [6.07, 6.45) is 3.16. The van der Waals surface area contributed by atoms with E-state index in [-0.39, 0.29) is 3.89 Å². The standard InChI is InChI=1S/C19H22FN4O3S/c20-17-4-7-19(8-5-17)24(12-10-21-11-13-24)28(26,27)15-18(23-25)6-3-16-2-1-9-22-14-16/h1-2,4-5,7-9,14,18,21,23,25H,10-13,15H2/q+1. The van der Waals surface area contributed by atoms with Gasteiger partial charge in [0.2, 0.25) is 0 Å². The van der Waals surface area contributed by atoms with E-state index in [0.29, 0.717) is 37.4 Å². The average molecular weight is 405 g/mol. The lowest BCUT2D eigenvalue weighted by molar-refractivity contribution is 0.153. The van der Waals surface area contributed by atoms with Crippen LogP contribution in [0.4, 0.5) is 10.1 Å². The summed E-state index contributed by atoms with van der Waals surface area (Å²) in [5.41, 5.74) is 3.10. The molecule has 1 aliphatic rings. The molecule has 1 unspecified atom stereocenters. The molecule has 1 saturated heterocycles. The molecule has 1 aliphatic heterocycles. The Hall–Kier alpha value is -2.35. The molecule has 3 N–H and O–H groups in total. The third-order valence-corrected chi connectivity index (χ3v) is 7.11. The van der Waals surface area contributed by atoms with Gasteiger partial charge in [-0.2, -0.15) is 17.8 Å². The second-order valence-corrected chi connectivity index (χ2v) is 8.70. The number of pyridine rings is 1. The molecule has 148 valence electrons. The fraction of sp³-hybridized carbons (Fsp3) is 0.316. The SMILES string of the molecule is O=S(=O)(CC(C#Cc1cccnc1)NO)[N+]1(c2ccc(F)cc2)CCNCC1. The predicted molar refractivity (Wildman–Crippen MR) is 104 cm³/mol. The first-order chi connectivity index (χ1) is 13.5. The molecule has 7 nitrogen and oxygen atoms in total. The molecule has 0 saturated carbocycles. The predicted octanol–water partition coefficient (Wildman–Crippen LogP) is 0.860. The number of sulfonamides is 1. The van der Waals surface area contributed by atoms with Gasteiger partial charge < -0.3 is 10.5 Å². The van der Waals surface area contributed by atoms with E-state index in [4.69, 9.17) is 0 Å². The van der Waals surface area contributed by atoms with Crippen LogP contribution in [0.15, 0.2) is 48.8 Å². The Morgan fingerprint density at radius 3 is 2.57 bits per heavy atom. The van der Waals surface area contributed by atoms with E-state index in [1.165, 1.54) is 24.3 Å². The van der Waals surface area contributed by atoms with Crippen molar-refractivity contribution < 1.29 is 18.0 Å². The first kappa shape index (κ1) is 20.4. The number of nitrogens with zero attached hydrogens (tertiary/aromatic N) is 2. The van der Waals surface area contributed by atoms with Crippen LogP contribution >= 0.6 is 0 Å². The maximum Gasteiger partial charge on any atom is 0.304 e. The summed E-state index contributed by atoms with van der Waals surface area (Å²) in [6, 6.07) is 8.01. The van der Waals surface area contributed by atoms with E-state index in [2.05, 4.69) is 22.1 Å². The Bertz CT molecular complexity index is 950. The quantitative estimate of drug-likeness (QED) is 0.388. The number of rotatable bonds is 5. The summed E-state index contributed by atoms with van der Waals surface area (Å²) >= 11 is 0. The van der Waals surface area contributed by atoms with Crippen molar-refractivity contribution >= 4 is 15.7 Å². The van der Waals surface area contributed by atoms with Crippen molar-refractivity contribution in [2.75, 3.05) is 31.9 Å². The molecule has 0 aliphatic carbocycles. The summed E-state index contributed by atoms with van der Waals surface area (Å²) in [4.78, 5) is 3.95. The van der Waals surface area contributed by atoms with Crippen LogP contribution in [0.5, 0.6) is 0 Å². The molecule has 2 heterocycles. The number of hydrogen-bond acceptors (Lipinski definition) is 6. The van der Waals surface area contributed by atoms with Crippen molar-refractivity contribution in [3.05, 3.63) is 60.2 Å². The largest absolute Gasteiger partial charge is 0.316 e. The van der Waals surface area contributed by atoms with Crippen molar-refractivity contribution in [3.8, 4) is 11.8 Å². The zero-order chi connectivity index (χ0) is 20.0. The van der Waals surface area contributed by atoms with E-state index in [9.17, 15) is 18.0 Å². The molecule has 28 heavy (non-hydrogen) atoms. The minimum atomic E-state index is -3.79. The van der Waals surface area contributed by atoms with Gasteiger partial charge in [0.25, 0.3) is 0 Å². The molecule has 0 amide bonds. The van der Waals surface area contributed by atoms with Crippen LogP contribution in [-0.4, -0.2) is 56.6 Å². The van der Waals surface area contributed by atoms with Crippen LogP contribution in [0.25, 0.3) is 0 Å². The Balaban J connectivity index is 1.91. The molecule has 1 fully saturated rings. The van der Waals surface area contributed by atoms with Crippen molar-refractivity contribution in [1.82, 2.24) is 19.7 Å². The summed E-state index contributed by atoms with van der Waals surface area (Å²) < 4.78 is 39.8. The first-order valence-corrected chi connectivity index (χ1v) is 10.5. The Kier molecular flexibility index (Phi) is 6.39. The first-order valence-electron chi connectivity index (χ1n) is 8.85. The number of piperazine rings is 1. The van der Waals surface area contributed by atoms with Crippen LogP contribution in [0.3, 0.4) is 0 Å². The molecular formula is C19H22FN4O3S+. The van der Waals surface area contributed by atoms with Gasteiger partial charge >= 0.3 is 10.0 Å². The Morgan fingerprint density at radius 2 is 1.96 bits per heavy atom. The number of nitrogens with one attached hydrogen (secondary N) is 2. The lowest BCUT2D eigenvalue weighted by atomic mass is 10.2. The number of halogens is 1. The van der Waals surface area contributed by atoms with Gasteiger partial charge in [-0.15, -0.1) is 0 Å². The summed E-state index contributed by atoms with van der Waals surface area (Å²) in [6.45, 7) is 1.63. The monoisotopic (exact) mass is 405 g/mol. The van der Waals surface area contributed by atoms with Crippen molar-refractivity contribution in [2.24, 2.45) is 0 Å². The molecule has 1 aromatic heterocycles. The van der Waals surface area contributed by atoms with Gasteiger partial charge in [-0.25, -0.2) is 4.39 Å². The highest BCUT2D eigenvalue weighted by molar-refractivity contribution is 7.91. The summed E-state index contributed by atoms with van der Waals surface area (Å²) in [5, 5.41) is 12.6. The van der Waals surface area contributed by atoms with Gasteiger partial charge in [0.05, 0.1) is 0 Å². The van der Waals surface area contributed by atoms with Gasteiger partial charge in [0.15, 0.2) is 0 Å². The number of hydrogen-bond donors (Lipinski definition) is 3. The maximum absolute atomic E-state index is 13.4. The number of benzene rings is 1. The summed E-state index contributed by atoms with van der Waals surface area (Å²) in [7, 11) is -3.79. The van der Waals surface area contributed by atoms with Crippen LogP contribution in [-0.2, 0) is 10.0 Å². The third kappa shape index (κ3) is 4.38. The van der Waals surface area contributed by atoms with E-state index in [0.717, 1.165) is 0 Å². The molecule has 1 aromatic carbocycles. The van der Waals surface area contributed by atoms with E-state index < -0.39 is 27.6 Å². The smallest absolute Gasteiger partial charge is 0.304 e. The second kappa shape index (κ2) is 8.77. The highest BCUT2D eigenvalue weighted by atomic mass is 32.2. The Labute approximate surface area is 163 Å². The normalized spacial score (nSPS) is 17.4. The second-order valence-electron chi connectivity index (χ2n) is 6.50. The topological polar surface area (TPSA) is 91.3 Å². The highest BCUT2D eigenvalue weighted by Crippen LogP contribution is 2.29. The fourth-order valence-corrected chi connectivity index (χ4v) is 5.28. The molecule has 3 rings (SSSR count). The number of quaternary nitrogens is 1. The van der Waals surface area contributed by atoms with Gasteiger partial charge in [0, 0.05) is 43.2 Å². The van der Waals surface area contributed by atoms with E-state index in [1.54, 1.807) is 24.5 Å². The number of hydroxylamine groups is 1. The molecule has 0 radical (unpaired) electrons.